The Balaban J connectivity index is 2.36. The number of rotatable bonds is 9. The number of aldehydes is 1. The Morgan fingerprint density at radius 2 is 2.00 bits per heavy atom. The third kappa shape index (κ3) is 6.01. The van der Waals surface area contributed by atoms with Crippen molar-refractivity contribution in [3.05, 3.63) is 45.5 Å². The number of allylic oxidation sites excluding steroid dienone is 4. The quantitative estimate of drug-likeness (QED) is 0.321. The maximum atomic E-state index is 11.7. The van der Waals surface area contributed by atoms with Crippen molar-refractivity contribution in [1.29, 1.82) is 0 Å². The summed E-state index contributed by atoms with van der Waals surface area (Å²) in [6, 6.07) is 0. The number of ether oxygens (including phenoxy) is 1. The SMILES string of the molecule is COc1c(Cl)c(C)c(C=O)c(O)c1C/C=C(C)/C=C/[C@@]1(C)[C@H](C)CCC(=NC(C(=O)O)N(C)C)[C@@H]1C. The molecule has 1 saturated carbocycles. The number of aliphatic imine (C=N–C) groups is 1. The fraction of sp³-hybridized carbons (Fsp3) is 0.536. The van der Waals surface area contributed by atoms with Crippen molar-refractivity contribution in [2.24, 2.45) is 22.2 Å². The highest BCUT2D eigenvalue weighted by Gasteiger charge is 2.41. The zero-order valence-electron chi connectivity index (χ0n) is 22.6. The first kappa shape index (κ1) is 29.6. The van der Waals surface area contributed by atoms with Gasteiger partial charge in [0.25, 0.3) is 0 Å². The summed E-state index contributed by atoms with van der Waals surface area (Å²) < 4.78 is 5.43. The molecule has 36 heavy (non-hydrogen) atoms. The van der Waals surface area contributed by atoms with Crippen LogP contribution in [-0.2, 0) is 11.2 Å². The zero-order chi connectivity index (χ0) is 27.4. The van der Waals surface area contributed by atoms with E-state index in [1.807, 2.05) is 13.0 Å². The van der Waals surface area contributed by atoms with E-state index in [4.69, 9.17) is 16.3 Å². The zero-order valence-corrected chi connectivity index (χ0v) is 23.3. The minimum atomic E-state index is -0.957. The summed E-state index contributed by atoms with van der Waals surface area (Å²) in [6.45, 7) is 10.2. The van der Waals surface area contributed by atoms with Crippen LogP contribution in [-0.4, -0.2) is 60.5 Å². The van der Waals surface area contributed by atoms with Crippen LogP contribution in [0, 0.1) is 24.2 Å². The average Bonchev–Trinajstić information content (AvgIpc) is 2.82. The van der Waals surface area contributed by atoms with E-state index in [9.17, 15) is 19.8 Å². The molecule has 0 aliphatic heterocycles. The molecule has 1 aromatic carbocycles. The molecule has 2 rings (SSSR count). The normalized spacial score (nSPS) is 24.9. The number of hydrogen-bond donors (Lipinski definition) is 2. The number of phenols is 1. The topological polar surface area (TPSA) is 99.4 Å². The molecule has 0 amide bonds. The van der Waals surface area contributed by atoms with Crippen molar-refractivity contribution in [2.75, 3.05) is 21.2 Å². The van der Waals surface area contributed by atoms with Crippen LogP contribution in [0.15, 0.2) is 28.8 Å². The molecule has 7 nitrogen and oxygen atoms in total. The van der Waals surface area contributed by atoms with Gasteiger partial charge >= 0.3 is 5.97 Å². The second-order valence-corrected chi connectivity index (χ2v) is 10.5. The number of carboxylic acid groups (broad SMARTS) is 1. The van der Waals surface area contributed by atoms with E-state index in [1.165, 1.54) is 7.11 Å². The predicted molar refractivity (Wildman–Crippen MR) is 145 cm³/mol. The summed E-state index contributed by atoms with van der Waals surface area (Å²) in [7, 11) is 4.92. The Labute approximate surface area is 219 Å². The molecular weight excluding hydrogens is 480 g/mol. The van der Waals surface area contributed by atoms with Crippen LogP contribution in [0.4, 0.5) is 0 Å². The number of methoxy groups -OCH3 is 1. The largest absolute Gasteiger partial charge is 0.507 e. The lowest BCUT2D eigenvalue weighted by Gasteiger charge is -2.44. The number of phenolic OH excluding ortho intramolecular Hbond substituents is 1. The number of carbonyl (C=O) groups excluding carboxylic acids is 1. The molecule has 0 bridgehead atoms. The molecule has 198 valence electrons. The van der Waals surface area contributed by atoms with E-state index >= 15 is 0 Å². The molecule has 8 heteroatoms. The smallest absolute Gasteiger partial charge is 0.343 e. The molecule has 4 atom stereocenters. The third-order valence-electron chi connectivity index (χ3n) is 7.73. The molecule has 0 aromatic heterocycles. The summed E-state index contributed by atoms with van der Waals surface area (Å²) >= 11 is 6.39. The van der Waals surface area contributed by atoms with Crippen LogP contribution < -0.4 is 4.74 Å². The molecular formula is C28H39ClN2O5. The van der Waals surface area contributed by atoms with Gasteiger partial charge in [-0.1, -0.05) is 56.2 Å². The van der Waals surface area contributed by atoms with Gasteiger partial charge in [-0.2, -0.15) is 0 Å². The minimum Gasteiger partial charge on any atom is -0.507 e. The fourth-order valence-electron chi connectivity index (χ4n) is 4.77. The maximum absolute atomic E-state index is 11.7. The van der Waals surface area contributed by atoms with Gasteiger partial charge in [0.2, 0.25) is 0 Å². The van der Waals surface area contributed by atoms with Gasteiger partial charge in [0.15, 0.2) is 12.5 Å². The second-order valence-electron chi connectivity index (χ2n) is 10.1. The summed E-state index contributed by atoms with van der Waals surface area (Å²) in [4.78, 5) is 29.4. The molecule has 0 saturated heterocycles. The van der Waals surface area contributed by atoms with Crippen LogP contribution in [0.2, 0.25) is 5.02 Å². The lowest BCUT2D eigenvalue weighted by atomic mass is 9.61. The maximum Gasteiger partial charge on any atom is 0.343 e. The fourth-order valence-corrected chi connectivity index (χ4v) is 5.06. The van der Waals surface area contributed by atoms with E-state index in [0.717, 1.165) is 24.1 Å². The average molecular weight is 519 g/mol. The lowest BCUT2D eigenvalue weighted by molar-refractivity contribution is -0.141. The van der Waals surface area contributed by atoms with Gasteiger partial charge in [0.05, 0.1) is 17.7 Å². The molecule has 2 N–H and O–H groups in total. The van der Waals surface area contributed by atoms with Crippen LogP contribution in [0.3, 0.4) is 0 Å². The van der Waals surface area contributed by atoms with Crippen molar-refractivity contribution in [3.8, 4) is 11.5 Å². The number of halogens is 1. The standard InChI is InChI=1S/C28H39ClN2O5/c1-16(9-11-20-24(33)21(15-32)18(3)23(29)25(20)36-8)13-14-28(5)17(2)10-12-22(19(28)4)30-26(27(34)35)31(6)7/h9,13-15,17,19,26,33H,10-12H2,1-8H3,(H,34,35)/b14-13+,16-9+,30-22?/t17-,19+,26?,28+/m1/s1. The van der Waals surface area contributed by atoms with Gasteiger partial charge in [-0.05, 0) is 64.1 Å². The Bertz CT molecular complexity index is 1090. The van der Waals surface area contributed by atoms with Gasteiger partial charge in [-0.3, -0.25) is 14.7 Å². The van der Waals surface area contributed by atoms with Gasteiger partial charge in [-0.25, -0.2) is 4.79 Å². The highest BCUT2D eigenvalue weighted by atomic mass is 35.5. The van der Waals surface area contributed by atoms with Crippen LogP contribution >= 0.6 is 11.6 Å². The van der Waals surface area contributed by atoms with Crippen molar-refractivity contribution < 1.29 is 24.5 Å². The number of aromatic hydroxyl groups is 1. The number of carbonyl (C=O) groups is 2. The van der Waals surface area contributed by atoms with Crippen molar-refractivity contribution in [1.82, 2.24) is 4.90 Å². The molecule has 1 fully saturated rings. The van der Waals surface area contributed by atoms with Gasteiger partial charge < -0.3 is 14.9 Å². The van der Waals surface area contributed by atoms with E-state index in [0.29, 0.717) is 40.5 Å². The number of hydrogen-bond acceptors (Lipinski definition) is 6. The number of carboxylic acids is 1. The highest BCUT2D eigenvalue weighted by Crippen LogP contribution is 2.45. The third-order valence-corrected chi connectivity index (χ3v) is 8.18. The Morgan fingerprint density at radius 1 is 1.36 bits per heavy atom. The van der Waals surface area contributed by atoms with Gasteiger partial charge in [-0.15, -0.1) is 0 Å². The summed E-state index contributed by atoms with van der Waals surface area (Å²) in [6.07, 6.45) is 7.94. The van der Waals surface area contributed by atoms with Crippen LogP contribution in [0.5, 0.6) is 11.5 Å². The molecule has 1 unspecified atom stereocenters. The molecule has 0 radical (unpaired) electrons. The predicted octanol–water partition coefficient (Wildman–Crippen LogP) is 5.71. The van der Waals surface area contributed by atoms with E-state index in [-0.39, 0.29) is 22.6 Å². The summed E-state index contributed by atoms with van der Waals surface area (Å²) in [5.74, 6) is -0.257. The minimum absolute atomic E-state index is 0.0716. The van der Waals surface area contributed by atoms with Crippen molar-refractivity contribution in [3.63, 3.8) is 0 Å². The molecule has 1 aliphatic carbocycles. The summed E-state index contributed by atoms with van der Waals surface area (Å²) in [5.41, 5.74) is 2.80. The van der Waals surface area contributed by atoms with E-state index in [1.54, 1.807) is 25.9 Å². The monoisotopic (exact) mass is 518 g/mol. The molecule has 0 spiro atoms. The first-order valence-electron chi connectivity index (χ1n) is 12.1. The van der Waals surface area contributed by atoms with Crippen molar-refractivity contribution in [2.45, 2.75) is 60.0 Å². The Kier molecular flexibility index (Phi) is 9.92. The first-order chi connectivity index (χ1) is 16.8. The lowest BCUT2D eigenvalue weighted by Crippen LogP contribution is -2.42. The number of benzene rings is 1. The molecule has 0 heterocycles. The number of likely N-dealkylation sites (N-methyl/N-ethyl adjacent to an activating group) is 1. The van der Waals surface area contributed by atoms with Crippen molar-refractivity contribution >= 4 is 29.6 Å². The van der Waals surface area contributed by atoms with Gasteiger partial charge in [0, 0.05) is 17.2 Å². The van der Waals surface area contributed by atoms with Crippen LogP contribution in [0.1, 0.15) is 62.0 Å². The molecule has 1 aromatic rings. The number of nitrogens with zero attached hydrogens (tertiary/aromatic N) is 2. The molecule has 1 aliphatic rings. The van der Waals surface area contributed by atoms with Crippen LogP contribution in [0.25, 0.3) is 0 Å². The Morgan fingerprint density at radius 3 is 2.53 bits per heavy atom. The number of aliphatic carboxylic acids is 1. The van der Waals surface area contributed by atoms with Gasteiger partial charge in [0.1, 0.15) is 11.5 Å². The van der Waals surface area contributed by atoms with E-state index < -0.39 is 12.1 Å². The highest BCUT2D eigenvalue weighted by molar-refractivity contribution is 6.33. The second kappa shape index (κ2) is 12.1. The van der Waals surface area contributed by atoms with E-state index in [2.05, 4.69) is 37.9 Å². The first-order valence-corrected chi connectivity index (χ1v) is 12.5. The Hall–Kier alpha value is -2.64. The summed E-state index contributed by atoms with van der Waals surface area (Å²) in [5, 5.41) is 20.6.